The predicted molar refractivity (Wildman–Crippen MR) is 106 cm³/mol. The zero-order chi connectivity index (χ0) is 20.2. The second-order valence-corrected chi connectivity index (χ2v) is 7.15. The maximum absolute atomic E-state index is 13.0. The minimum atomic E-state index is -0.193. The maximum atomic E-state index is 13.0. The van der Waals surface area contributed by atoms with E-state index in [1.165, 1.54) is 0 Å². The van der Waals surface area contributed by atoms with Crippen LogP contribution in [0.25, 0.3) is 0 Å². The summed E-state index contributed by atoms with van der Waals surface area (Å²) in [5, 5.41) is 8.28. The minimum Gasteiger partial charge on any atom is -0.493 e. The zero-order valence-corrected chi connectivity index (χ0v) is 16.7. The van der Waals surface area contributed by atoms with Gasteiger partial charge in [0.1, 0.15) is 17.5 Å². The first-order valence-corrected chi connectivity index (χ1v) is 10.0. The van der Waals surface area contributed by atoms with Gasteiger partial charge in [-0.05, 0) is 50.5 Å². The van der Waals surface area contributed by atoms with Crippen LogP contribution in [-0.2, 0) is 13.0 Å². The van der Waals surface area contributed by atoms with E-state index < -0.39 is 0 Å². The molecular weight excluding hydrogens is 370 g/mol. The van der Waals surface area contributed by atoms with E-state index in [2.05, 4.69) is 15.2 Å². The van der Waals surface area contributed by atoms with Gasteiger partial charge in [0.25, 0.3) is 5.91 Å². The van der Waals surface area contributed by atoms with Gasteiger partial charge in [-0.1, -0.05) is 17.3 Å². The van der Waals surface area contributed by atoms with Gasteiger partial charge in [0.05, 0.1) is 6.61 Å². The molecule has 8 heteroatoms. The van der Waals surface area contributed by atoms with Gasteiger partial charge >= 0.3 is 0 Å². The first-order valence-electron chi connectivity index (χ1n) is 10.0. The molecule has 8 nitrogen and oxygen atoms in total. The molecule has 0 bridgehead atoms. The average molecular weight is 395 g/mol. The number of hydrogen-bond acceptors (Lipinski definition) is 6. The number of hydrogen-bond donors (Lipinski definition) is 0. The molecule has 3 heterocycles. The van der Waals surface area contributed by atoms with Crippen LogP contribution in [0, 0.1) is 6.92 Å². The summed E-state index contributed by atoms with van der Waals surface area (Å²) in [6, 6.07) is 9.47. The molecule has 1 aliphatic heterocycles. The molecule has 0 N–H and O–H groups in total. The highest BCUT2D eigenvalue weighted by molar-refractivity contribution is 5.93. The number of carbonyl (C=O) groups is 1. The lowest BCUT2D eigenvalue weighted by molar-refractivity contribution is 0.0697. The largest absolute Gasteiger partial charge is 0.493 e. The van der Waals surface area contributed by atoms with Crippen molar-refractivity contribution in [1.29, 1.82) is 0 Å². The number of carbonyl (C=O) groups excluding carboxylic acids is 1. The number of ether oxygens (including phenoxy) is 1. The maximum Gasteiger partial charge on any atom is 0.272 e. The van der Waals surface area contributed by atoms with Crippen LogP contribution in [-0.4, -0.2) is 43.9 Å². The standard InChI is InChI=1S/C21H25N5O3/c1-3-26-18(9-11-22-26)21(27)25-12-5-8-17(25)20-23-19(24-29-20)10-13-28-16-7-4-6-15(2)14-16/h4,6-7,9,11,14,17H,3,5,8,10,12-13H2,1-2H3. The highest BCUT2D eigenvalue weighted by Gasteiger charge is 2.35. The molecule has 0 radical (unpaired) electrons. The molecule has 0 saturated carbocycles. The molecule has 1 amide bonds. The summed E-state index contributed by atoms with van der Waals surface area (Å²) in [5.41, 5.74) is 1.74. The first-order chi connectivity index (χ1) is 14.2. The first kappa shape index (κ1) is 19.2. The van der Waals surface area contributed by atoms with Crippen LogP contribution >= 0.6 is 0 Å². The Hall–Kier alpha value is -3.16. The van der Waals surface area contributed by atoms with Crippen LogP contribution < -0.4 is 4.74 Å². The highest BCUT2D eigenvalue weighted by Crippen LogP contribution is 2.32. The van der Waals surface area contributed by atoms with Crippen LogP contribution in [0.4, 0.5) is 0 Å². The van der Waals surface area contributed by atoms with E-state index in [1.807, 2.05) is 43.0 Å². The number of amides is 1. The zero-order valence-electron chi connectivity index (χ0n) is 16.7. The van der Waals surface area contributed by atoms with Crippen molar-refractivity contribution in [2.24, 2.45) is 0 Å². The summed E-state index contributed by atoms with van der Waals surface area (Å²) in [6.45, 7) is 5.78. The lowest BCUT2D eigenvalue weighted by atomic mass is 10.2. The van der Waals surface area contributed by atoms with Crippen molar-refractivity contribution in [2.45, 2.75) is 45.7 Å². The van der Waals surface area contributed by atoms with Crippen molar-refractivity contribution in [3.05, 3.63) is 59.5 Å². The number of nitrogens with zero attached hydrogens (tertiary/aromatic N) is 5. The van der Waals surface area contributed by atoms with Gasteiger partial charge in [-0.2, -0.15) is 10.1 Å². The second kappa shape index (κ2) is 8.46. The Labute approximate surface area is 169 Å². The van der Waals surface area contributed by atoms with Crippen molar-refractivity contribution in [1.82, 2.24) is 24.8 Å². The summed E-state index contributed by atoms with van der Waals surface area (Å²) >= 11 is 0. The van der Waals surface area contributed by atoms with Crippen LogP contribution in [0.15, 0.2) is 41.1 Å². The Morgan fingerprint density at radius 2 is 2.24 bits per heavy atom. The number of benzene rings is 1. The average Bonchev–Trinajstić information content (AvgIpc) is 3.47. The molecule has 1 unspecified atom stereocenters. The summed E-state index contributed by atoms with van der Waals surface area (Å²) in [7, 11) is 0. The van der Waals surface area contributed by atoms with Crippen molar-refractivity contribution >= 4 is 5.91 Å². The van der Waals surface area contributed by atoms with E-state index in [0.717, 1.165) is 24.2 Å². The molecule has 4 rings (SSSR count). The van der Waals surface area contributed by atoms with Crippen molar-refractivity contribution < 1.29 is 14.1 Å². The summed E-state index contributed by atoms with van der Waals surface area (Å²) in [6.07, 6.45) is 3.92. The Bertz CT molecular complexity index is 980. The molecule has 1 atom stereocenters. The SMILES string of the molecule is CCn1nccc1C(=O)N1CCCC1c1nc(CCOc2cccc(C)c2)no1. The monoisotopic (exact) mass is 395 g/mol. The number of rotatable bonds is 7. The molecule has 29 heavy (non-hydrogen) atoms. The third kappa shape index (κ3) is 4.16. The van der Waals surface area contributed by atoms with Gasteiger partial charge in [0.15, 0.2) is 5.82 Å². The molecule has 1 aliphatic rings. The Kier molecular flexibility index (Phi) is 5.59. The van der Waals surface area contributed by atoms with Crippen LogP contribution in [0.5, 0.6) is 5.75 Å². The smallest absolute Gasteiger partial charge is 0.272 e. The van der Waals surface area contributed by atoms with E-state index in [-0.39, 0.29) is 11.9 Å². The third-order valence-corrected chi connectivity index (χ3v) is 5.10. The van der Waals surface area contributed by atoms with Gasteiger partial charge in [-0.25, -0.2) is 0 Å². The highest BCUT2D eigenvalue weighted by atomic mass is 16.5. The number of aryl methyl sites for hydroxylation is 2. The van der Waals surface area contributed by atoms with Gasteiger partial charge in [-0.15, -0.1) is 0 Å². The molecule has 0 spiro atoms. The topological polar surface area (TPSA) is 86.3 Å². The summed E-state index contributed by atoms with van der Waals surface area (Å²) in [4.78, 5) is 19.3. The Balaban J connectivity index is 1.39. The lowest BCUT2D eigenvalue weighted by Gasteiger charge is -2.22. The fourth-order valence-electron chi connectivity index (χ4n) is 3.65. The van der Waals surface area contributed by atoms with Crippen molar-refractivity contribution in [3.8, 4) is 5.75 Å². The van der Waals surface area contributed by atoms with Crippen molar-refractivity contribution in [2.75, 3.05) is 13.2 Å². The second-order valence-electron chi connectivity index (χ2n) is 7.15. The molecule has 1 aromatic carbocycles. The van der Waals surface area contributed by atoms with E-state index in [9.17, 15) is 4.79 Å². The quantitative estimate of drug-likeness (QED) is 0.611. The number of aromatic nitrogens is 4. The minimum absolute atomic E-state index is 0.0469. The summed E-state index contributed by atoms with van der Waals surface area (Å²) in [5.74, 6) is 1.86. The molecular formula is C21H25N5O3. The van der Waals surface area contributed by atoms with Crippen LogP contribution in [0.1, 0.15) is 53.6 Å². The fourth-order valence-corrected chi connectivity index (χ4v) is 3.65. The van der Waals surface area contributed by atoms with E-state index >= 15 is 0 Å². The molecule has 152 valence electrons. The van der Waals surface area contributed by atoms with Crippen molar-refractivity contribution in [3.63, 3.8) is 0 Å². The normalized spacial score (nSPS) is 16.3. The Morgan fingerprint density at radius 1 is 1.34 bits per heavy atom. The molecule has 2 aromatic heterocycles. The molecule has 3 aromatic rings. The number of likely N-dealkylation sites (tertiary alicyclic amines) is 1. The van der Waals surface area contributed by atoms with Crippen LogP contribution in [0.3, 0.4) is 0 Å². The Morgan fingerprint density at radius 3 is 3.07 bits per heavy atom. The van der Waals surface area contributed by atoms with Gasteiger partial charge in [-0.3, -0.25) is 9.48 Å². The lowest BCUT2D eigenvalue weighted by Crippen LogP contribution is -2.32. The van der Waals surface area contributed by atoms with E-state index in [0.29, 0.717) is 43.5 Å². The van der Waals surface area contributed by atoms with Gasteiger partial charge < -0.3 is 14.2 Å². The molecule has 1 fully saturated rings. The van der Waals surface area contributed by atoms with Gasteiger partial charge in [0.2, 0.25) is 5.89 Å². The van der Waals surface area contributed by atoms with E-state index in [4.69, 9.17) is 9.26 Å². The van der Waals surface area contributed by atoms with Crippen LogP contribution in [0.2, 0.25) is 0 Å². The van der Waals surface area contributed by atoms with Gasteiger partial charge in [0, 0.05) is 25.7 Å². The predicted octanol–water partition coefficient (Wildman–Crippen LogP) is 3.19. The third-order valence-electron chi connectivity index (χ3n) is 5.10. The fraction of sp³-hybridized carbons (Fsp3) is 0.429. The molecule has 0 aliphatic carbocycles. The summed E-state index contributed by atoms with van der Waals surface area (Å²) < 4.78 is 13.0. The van der Waals surface area contributed by atoms with E-state index in [1.54, 1.807) is 16.9 Å². The molecule has 1 saturated heterocycles.